The monoisotopic (exact) mass is 265 g/mol. The van der Waals surface area contributed by atoms with E-state index >= 15 is 0 Å². The maximum Gasteiger partial charge on any atom is 0.126 e. The van der Waals surface area contributed by atoms with Crippen LogP contribution in [0, 0.1) is 18.7 Å². The maximum atomic E-state index is 13.6. The van der Waals surface area contributed by atoms with Crippen LogP contribution < -0.4 is 5.32 Å². The molecule has 0 radical (unpaired) electrons. The Morgan fingerprint density at radius 2 is 1.84 bits per heavy atom. The van der Waals surface area contributed by atoms with Gasteiger partial charge >= 0.3 is 0 Å². The quantitative estimate of drug-likeness (QED) is 0.731. The molecule has 0 fully saturated rings. The first-order chi connectivity index (χ1) is 8.97. The lowest BCUT2D eigenvalue weighted by molar-refractivity contribution is 0.358. The van der Waals surface area contributed by atoms with E-state index in [1.807, 2.05) is 12.1 Å². The van der Waals surface area contributed by atoms with Gasteiger partial charge < -0.3 is 5.32 Å². The molecule has 1 rings (SSSR count). The van der Waals surface area contributed by atoms with Gasteiger partial charge in [0.05, 0.1) is 0 Å². The minimum Gasteiger partial charge on any atom is -0.307 e. The molecule has 0 saturated carbocycles. The number of nitrogens with one attached hydrogen (secondary N) is 1. The first-order valence-electron chi connectivity index (χ1n) is 7.49. The van der Waals surface area contributed by atoms with Gasteiger partial charge in [-0.3, -0.25) is 0 Å². The maximum absolute atomic E-state index is 13.6. The smallest absolute Gasteiger partial charge is 0.126 e. The van der Waals surface area contributed by atoms with E-state index in [1.165, 1.54) is 12.8 Å². The van der Waals surface area contributed by atoms with Crippen LogP contribution in [0.5, 0.6) is 0 Å². The fourth-order valence-electron chi connectivity index (χ4n) is 2.33. The highest BCUT2D eigenvalue weighted by atomic mass is 19.1. The van der Waals surface area contributed by atoms with Crippen molar-refractivity contribution in [1.29, 1.82) is 0 Å². The van der Waals surface area contributed by atoms with E-state index in [4.69, 9.17) is 0 Å². The number of aryl methyl sites for hydroxylation is 1. The Labute approximate surface area is 117 Å². The molecule has 0 heterocycles. The number of benzene rings is 1. The van der Waals surface area contributed by atoms with Crippen molar-refractivity contribution in [3.63, 3.8) is 0 Å². The van der Waals surface area contributed by atoms with Gasteiger partial charge in [-0.1, -0.05) is 39.3 Å². The second-order valence-corrected chi connectivity index (χ2v) is 5.75. The van der Waals surface area contributed by atoms with Gasteiger partial charge in [0.15, 0.2) is 0 Å². The third-order valence-electron chi connectivity index (χ3n) is 4.06. The van der Waals surface area contributed by atoms with E-state index in [-0.39, 0.29) is 11.9 Å². The Hall–Kier alpha value is -0.890. The Balaban J connectivity index is 2.65. The zero-order valence-electron chi connectivity index (χ0n) is 13.0. The van der Waals surface area contributed by atoms with Crippen LogP contribution in [0.2, 0.25) is 0 Å². The summed E-state index contributed by atoms with van der Waals surface area (Å²) in [6, 6.07) is 6.24. The number of hydrogen-bond donors (Lipinski definition) is 1. The van der Waals surface area contributed by atoms with Gasteiger partial charge in [0.2, 0.25) is 0 Å². The van der Waals surface area contributed by atoms with E-state index in [9.17, 15) is 4.39 Å². The zero-order valence-corrected chi connectivity index (χ0v) is 13.0. The van der Waals surface area contributed by atoms with Crippen molar-refractivity contribution in [3.05, 3.63) is 35.1 Å². The van der Waals surface area contributed by atoms with Gasteiger partial charge in [-0.2, -0.15) is 0 Å². The van der Waals surface area contributed by atoms with Crippen LogP contribution in [-0.4, -0.2) is 6.04 Å². The topological polar surface area (TPSA) is 12.0 Å². The molecule has 0 aliphatic heterocycles. The summed E-state index contributed by atoms with van der Waals surface area (Å²) in [4.78, 5) is 0. The summed E-state index contributed by atoms with van der Waals surface area (Å²) < 4.78 is 13.6. The first kappa shape index (κ1) is 16.2. The predicted octanol–water partition coefficient (Wildman–Crippen LogP) is 5.00. The van der Waals surface area contributed by atoms with Crippen LogP contribution in [0.4, 0.5) is 4.39 Å². The molecular weight excluding hydrogens is 237 g/mol. The minimum atomic E-state index is -0.110. The fourth-order valence-corrected chi connectivity index (χ4v) is 2.33. The Bertz CT molecular complexity index is 389. The van der Waals surface area contributed by atoms with Crippen molar-refractivity contribution in [3.8, 4) is 0 Å². The van der Waals surface area contributed by atoms with E-state index in [2.05, 4.69) is 33.0 Å². The van der Waals surface area contributed by atoms with Gasteiger partial charge in [0.1, 0.15) is 5.82 Å². The van der Waals surface area contributed by atoms with Crippen LogP contribution in [0.3, 0.4) is 0 Å². The van der Waals surface area contributed by atoms with Crippen molar-refractivity contribution in [2.75, 3.05) is 0 Å². The van der Waals surface area contributed by atoms with Crippen molar-refractivity contribution in [1.82, 2.24) is 5.32 Å². The van der Waals surface area contributed by atoms with Crippen LogP contribution in [0.1, 0.15) is 64.1 Å². The Morgan fingerprint density at radius 3 is 2.37 bits per heavy atom. The lowest BCUT2D eigenvalue weighted by Gasteiger charge is -2.25. The summed E-state index contributed by atoms with van der Waals surface area (Å²) in [7, 11) is 0. The van der Waals surface area contributed by atoms with E-state index in [0.717, 1.165) is 17.9 Å². The highest BCUT2D eigenvalue weighted by Gasteiger charge is 2.15. The highest BCUT2D eigenvalue weighted by molar-refractivity contribution is 5.25. The van der Waals surface area contributed by atoms with Crippen LogP contribution in [-0.2, 0) is 0 Å². The summed E-state index contributed by atoms with van der Waals surface area (Å²) in [5.41, 5.74) is 1.74. The molecule has 0 spiro atoms. The number of hydrogen-bond acceptors (Lipinski definition) is 1. The average molecular weight is 265 g/mol. The summed E-state index contributed by atoms with van der Waals surface area (Å²) >= 11 is 0. The largest absolute Gasteiger partial charge is 0.307 e. The third kappa shape index (κ3) is 4.94. The molecule has 3 atom stereocenters. The normalized spacial score (nSPS) is 16.1. The van der Waals surface area contributed by atoms with Crippen molar-refractivity contribution in [2.45, 2.75) is 66.0 Å². The molecular formula is C17H28FN. The molecule has 3 unspecified atom stereocenters. The molecule has 0 saturated heterocycles. The molecule has 0 bridgehead atoms. The summed E-state index contributed by atoms with van der Waals surface area (Å²) in [5.74, 6) is 0.625. The van der Waals surface area contributed by atoms with Gasteiger partial charge in [-0.15, -0.1) is 0 Å². The van der Waals surface area contributed by atoms with E-state index in [0.29, 0.717) is 11.6 Å². The molecule has 1 aromatic rings. The summed E-state index contributed by atoms with van der Waals surface area (Å²) in [6.07, 6.45) is 3.51. The van der Waals surface area contributed by atoms with Crippen molar-refractivity contribution in [2.24, 2.45) is 5.92 Å². The standard InChI is InChI=1S/C17H28FN/c1-6-12(3)10-16(7-2)19-14(5)15-9-8-13(4)17(18)11-15/h8-9,11-12,14,16,19H,6-7,10H2,1-5H3. The third-order valence-corrected chi connectivity index (χ3v) is 4.06. The zero-order chi connectivity index (χ0) is 14.4. The molecule has 0 aliphatic carbocycles. The second-order valence-electron chi connectivity index (χ2n) is 5.75. The molecule has 2 heteroatoms. The van der Waals surface area contributed by atoms with Gasteiger partial charge in [0, 0.05) is 12.1 Å². The molecule has 1 N–H and O–H groups in total. The summed E-state index contributed by atoms with van der Waals surface area (Å²) in [5, 5.41) is 3.63. The van der Waals surface area contributed by atoms with Crippen molar-refractivity contribution < 1.29 is 4.39 Å². The number of rotatable bonds is 7. The van der Waals surface area contributed by atoms with Crippen LogP contribution in [0.15, 0.2) is 18.2 Å². The molecule has 1 nitrogen and oxygen atoms in total. The van der Waals surface area contributed by atoms with E-state index < -0.39 is 0 Å². The Morgan fingerprint density at radius 1 is 1.16 bits per heavy atom. The molecule has 0 aliphatic rings. The lowest BCUT2D eigenvalue weighted by atomic mass is 9.96. The lowest BCUT2D eigenvalue weighted by Crippen LogP contribution is -2.32. The molecule has 0 aromatic heterocycles. The average Bonchev–Trinajstić information content (AvgIpc) is 2.40. The summed E-state index contributed by atoms with van der Waals surface area (Å²) in [6.45, 7) is 10.7. The van der Waals surface area contributed by atoms with E-state index in [1.54, 1.807) is 13.0 Å². The first-order valence-corrected chi connectivity index (χ1v) is 7.49. The second kappa shape index (κ2) is 7.64. The Kier molecular flexibility index (Phi) is 6.50. The van der Waals surface area contributed by atoms with Gasteiger partial charge in [0.25, 0.3) is 0 Å². The molecule has 1 aromatic carbocycles. The molecule has 19 heavy (non-hydrogen) atoms. The van der Waals surface area contributed by atoms with Crippen molar-refractivity contribution >= 4 is 0 Å². The van der Waals surface area contributed by atoms with Gasteiger partial charge in [-0.05, 0) is 49.8 Å². The minimum absolute atomic E-state index is 0.110. The fraction of sp³-hybridized carbons (Fsp3) is 0.647. The van der Waals surface area contributed by atoms with Gasteiger partial charge in [-0.25, -0.2) is 4.39 Å². The predicted molar refractivity (Wildman–Crippen MR) is 80.8 cm³/mol. The SMILES string of the molecule is CCC(C)CC(CC)NC(C)c1ccc(C)c(F)c1. The molecule has 0 amide bonds. The van der Waals surface area contributed by atoms with Crippen LogP contribution >= 0.6 is 0 Å². The number of halogens is 1. The van der Waals surface area contributed by atoms with Crippen LogP contribution in [0.25, 0.3) is 0 Å². The molecule has 108 valence electrons. The highest BCUT2D eigenvalue weighted by Crippen LogP contribution is 2.19.